The van der Waals surface area contributed by atoms with Crippen LogP contribution < -0.4 is 15.0 Å². The van der Waals surface area contributed by atoms with Gasteiger partial charge in [-0.1, -0.05) is 30.3 Å². The fourth-order valence-electron chi connectivity index (χ4n) is 3.69. The number of hydrogen-bond donors (Lipinski definition) is 1. The number of carbonyl (C=O) groups is 1. The van der Waals surface area contributed by atoms with Crippen LogP contribution in [0.5, 0.6) is 5.75 Å². The Hall–Kier alpha value is -3.91. The van der Waals surface area contributed by atoms with Gasteiger partial charge in [-0.05, 0) is 35.9 Å². The van der Waals surface area contributed by atoms with Crippen LogP contribution in [0.4, 0.5) is 17.1 Å². The third kappa shape index (κ3) is 6.08. The highest BCUT2D eigenvalue weighted by Crippen LogP contribution is 2.27. The SMILES string of the molecule is O=C(COc1ccc([N+](=O)[O-])cc1Cc1ccccc1)Nc1ccc(N2CCOCC2)cc1. The minimum Gasteiger partial charge on any atom is -0.483 e. The molecule has 170 valence electrons. The van der Waals surface area contributed by atoms with Crippen molar-refractivity contribution in [2.45, 2.75) is 6.42 Å². The van der Waals surface area contributed by atoms with Crippen molar-refractivity contribution in [1.82, 2.24) is 0 Å². The van der Waals surface area contributed by atoms with E-state index in [4.69, 9.17) is 9.47 Å². The van der Waals surface area contributed by atoms with Crippen molar-refractivity contribution in [1.29, 1.82) is 0 Å². The first-order valence-electron chi connectivity index (χ1n) is 10.7. The number of morpholine rings is 1. The van der Waals surface area contributed by atoms with E-state index in [-0.39, 0.29) is 18.2 Å². The smallest absolute Gasteiger partial charge is 0.269 e. The first kappa shape index (κ1) is 22.3. The van der Waals surface area contributed by atoms with Gasteiger partial charge in [0.2, 0.25) is 0 Å². The summed E-state index contributed by atoms with van der Waals surface area (Å²) in [6.45, 7) is 2.92. The Labute approximate surface area is 191 Å². The summed E-state index contributed by atoms with van der Waals surface area (Å²) < 4.78 is 11.1. The first-order valence-corrected chi connectivity index (χ1v) is 10.7. The highest BCUT2D eigenvalue weighted by atomic mass is 16.6. The van der Waals surface area contributed by atoms with Crippen molar-refractivity contribution < 1.29 is 19.2 Å². The van der Waals surface area contributed by atoms with Crippen LogP contribution >= 0.6 is 0 Å². The van der Waals surface area contributed by atoms with Crippen LogP contribution in [0.1, 0.15) is 11.1 Å². The molecule has 0 spiro atoms. The molecule has 4 rings (SSSR count). The number of nitro benzene ring substituents is 1. The number of nitrogens with one attached hydrogen (secondary N) is 1. The molecule has 1 aliphatic rings. The summed E-state index contributed by atoms with van der Waals surface area (Å²) >= 11 is 0. The van der Waals surface area contributed by atoms with Crippen LogP contribution in [0.3, 0.4) is 0 Å². The molecule has 1 heterocycles. The molecule has 0 bridgehead atoms. The van der Waals surface area contributed by atoms with E-state index in [1.54, 1.807) is 6.07 Å². The van der Waals surface area contributed by atoms with Gasteiger partial charge in [-0.2, -0.15) is 0 Å². The quantitative estimate of drug-likeness (QED) is 0.414. The van der Waals surface area contributed by atoms with Crippen LogP contribution in [0, 0.1) is 10.1 Å². The van der Waals surface area contributed by atoms with E-state index in [0.717, 1.165) is 24.3 Å². The summed E-state index contributed by atoms with van der Waals surface area (Å²) in [5, 5.41) is 14.0. The summed E-state index contributed by atoms with van der Waals surface area (Å²) in [6, 6.07) is 21.7. The topological polar surface area (TPSA) is 93.9 Å². The monoisotopic (exact) mass is 447 g/mol. The maximum Gasteiger partial charge on any atom is 0.269 e. The van der Waals surface area contributed by atoms with Gasteiger partial charge >= 0.3 is 0 Å². The summed E-state index contributed by atoms with van der Waals surface area (Å²) in [7, 11) is 0. The molecule has 0 radical (unpaired) electrons. The molecule has 0 saturated carbocycles. The van der Waals surface area contributed by atoms with Gasteiger partial charge in [0.15, 0.2) is 6.61 Å². The minimum atomic E-state index is -0.439. The van der Waals surface area contributed by atoms with E-state index in [0.29, 0.717) is 36.6 Å². The van der Waals surface area contributed by atoms with Gasteiger partial charge in [0.1, 0.15) is 5.75 Å². The van der Waals surface area contributed by atoms with Crippen molar-refractivity contribution >= 4 is 23.0 Å². The number of carbonyl (C=O) groups excluding carboxylic acids is 1. The molecule has 3 aromatic rings. The van der Waals surface area contributed by atoms with Crippen LogP contribution in [0.15, 0.2) is 72.8 Å². The summed E-state index contributed by atoms with van der Waals surface area (Å²) in [5.41, 5.74) is 3.39. The Morgan fingerprint density at radius 1 is 1.03 bits per heavy atom. The summed E-state index contributed by atoms with van der Waals surface area (Å²) in [6.07, 6.45) is 0.461. The Kier molecular flexibility index (Phi) is 7.16. The zero-order valence-corrected chi connectivity index (χ0v) is 18.1. The molecule has 33 heavy (non-hydrogen) atoms. The van der Waals surface area contributed by atoms with Gasteiger partial charge in [0, 0.05) is 48.6 Å². The van der Waals surface area contributed by atoms with Crippen molar-refractivity contribution in [3.8, 4) is 5.75 Å². The Morgan fingerprint density at radius 2 is 1.76 bits per heavy atom. The molecule has 8 nitrogen and oxygen atoms in total. The van der Waals surface area contributed by atoms with E-state index >= 15 is 0 Å². The van der Waals surface area contributed by atoms with E-state index in [9.17, 15) is 14.9 Å². The highest BCUT2D eigenvalue weighted by molar-refractivity contribution is 5.92. The Bertz CT molecular complexity index is 1100. The van der Waals surface area contributed by atoms with Crippen LogP contribution in [0.2, 0.25) is 0 Å². The number of benzene rings is 3. The number of anilines is 2. The van der Waals surface area contributed by atoms with Crippen LogP contribution in [-0.2, 0) is 16.0 Å². The second kappa shape index (κ2) is 10.6. The maximum atomic E-state index is 12.4. The predicted molar refractivity (Wildman–Crippen MR) is 126 cm³/mol. The first-order chi connectivity index (χ1) is 16.1. The van der Waals surface area contributed by atoms with Crippen molar-refractivity contribution in [2.24, 2.45) is 0 Å². The number of nitro groups is 1. The second-order valence-corrected chi connectivity index (χ2v) is 7.69. The molecular formula is C25H25N3O5. The van der Waals surface area contributed by atoms with Gasteiger partial charge in [0.05, 0.1) is 18.1 Å². The number of non-ortho nitro benzene ring substituents is 1. The highest BCUT2D eigenvalue weighted by Gasteiger charge is 2.15. The number of ether oxygens (including phenoxy) is 2. The molecule has 1 fully saturated rings. The fraction of sp³-hybridized carbons (Fsp3) is 0.240. The molecular weight excluding hydrogens is 422 g/mol. The molecule has 1 amide bonds. The van der Waals surface area contributed by atoms with E-state index in [1.165, 1.54) is 12.1 Å². The average Bonchev–Trinajstić information content (AvgIpc) is 2.85. The lowest BCUT2D eigenvalue weighted by molar-refractivity contribution is -0.384. The number of hydrogen-bond acceptors (Lipinski definition) is 6. The molecule has 8 heteroatoms. The lowest BCUT2D eigenvalue weighted by atomic mass is 10.0. The molecule has 0 aliphatic carbocycles. The Balaban J connectivity index is 1.38. The van der Waals surface area contributed by atoms with E-state index in [2.05, 4.69) is 10.2 Å². The molecule has 3 aromatic carbocycles. The molecule has 0 atom stereocenters. The van der Waals surface area contributed by atoms with Crippen LogP contribution in [0.25, 0.3) is 0 Å². The third-order valence-corrected chi connectivity index (χ3v) is 5.38. The standard InChI is InChI=1S/C25H25N3O5/c29-25(26-21-6-8-22(9-7-21)27-12-14-32-15-13-27)18-33-24-11-10-23(28(30)31)17-20(24)16-19-4-2-1-3-5-19/h1-11,17H,12-16,18H2,(H,26,29). The number of nitrogens with zero attached hydrogens (tertiary/aromatic N) is 2. The van der Waals surface area contributed by atoms with Crippen LogP contribution in [-0.4, -0.2) is 43.7 Å². The summed E-state index contributed by atoms with van der Waals surface area (Å²) in [5.74, 6) is 0.139. The molecule has 1 aliphatic heterocycles. The van der Waals surface area contributed by atoms with E-state index in [1.807, 2.05) is 54.6 Å². The van der Waals surface area contributed by atoms with Gasteiger partial charge in [-0.3, -0.25) is 14.9 Å². The van der Waals surface area contributed by atoms with Crippen molar-refractivity contribution in [2.75, 3.05) is 43.1 Å². The summed E-state index contributed by atoms with van der Waals surface area (Å²) in [4.78, 5) is 25.4. The lowest BCUT2D eigenvalue weighted by Gasteiger charge is -2.28. The van der Waals surface area contributed by atoms with E-state index < -0.39 is 4.92 Å². The number of rotatable bonds is 8. The van der Waals surface area contributed by atoms with Gasteiger partial charge in [-0.25, -0.2) is 0 Å². The maximum absolute atomic E-state index is 12.4. The van der Waals surface area contributed by atoms with Crippen molar-refractivity contribution in [3.05, 3.63) is 94.0 Å². The van der Waals surface area contributed by atoms with Gasteiger partial charge in [0.25, 0.3) is 11.6 Å². The van der Waals surface area contributed by atoms with Gasteiger partial charge in [-0.15, -0.1) is 0 Å². The fourth-order valence-corrected chi connectivity index (χ4v) is 3.69. The zero-order chi connectivity index (χ0) is 23.0. The van der Waals surface area contributed by atoms with Crippen molar-refractivity contribution in [3.63, 3.8) is 0 Å². The molecule has 1 saturated heterocycles. The predicted octanol–water partition coefficient (Wildman–Crippen LogP) is 4.04. The zero-order valence-electron chi connectivity index (χ0n) is 18.1. The molecule has 0 aromatic heterocycles. The lowest BCUT2D eigenvalue weighted by Crippen LogP contribution is -2.36. The normalized spacial score (nSPS) is 13.4. The number of amides is 1. The Morgan fingerprint density at radius 3 is 2.45 bits per heavy atom. The average molecular weight is 447 g/mol. The second-order valence-electron chi connectivity index (χ2n) is 7.69. The third-order valence-electron chi connectivity index (χ3n) is 5.38. The molecule has 1 N–H and O–H groups in total. The minimum absolute atomic E-state index is 0.0157. The largest absolute Gasteiger partial charge is 0.483 e. The van der Waals surface area contributed by atoms with Gasteiger partial charge < -0.3 is 19.7 Å². The molecule has 0 unspecified atom stereocenters.